The molecule has 0 nitrogen and oxygen atoms in total. The fourth-order valence-electron chi connectivity index (χ4n) is 5.02. The SMILES string of the molecule is CC[P+](CC)(C(=S)S)C(=S)SP(c1ccccc1)(c1ccccc1)(c1ccccc1)c1ccccc1. The van der Waals surface area contributed by atoms with E-state index in [4.69, 9.17) is 37.1 Å². The summed E-state index contributed by atoms with van der Waals surface area (Å²) in [5.41, 5.74) is 0. The quantitative estimate of drug-likeness (QED) is 0.121. The number of thiocarbonyl (C=S) groups is 2. The molecule has 0 heterocycles. The normalized spacial score (nSPS) is 12.9. The first-order valence-electron chi connectivity index (χ1n) is 12.0. The zero-order chi connectivity index (χ0) is 25.7. The topological polar surface area (TPSA) is 0 Å². The van der Waals surface area contributed by atoms with Gasteiger partial charge in [0.25, 0.3) is 0 Å². The van der Waals surface area contributed by atoms with Crippen LogP contribution in [-0.2, 0) is 0 Å². The predicted octanol–water partition coefficient (Wildman–Crippen LogP) is 8.05. The molecule has 0 aliphatic rings. The summed E-state index contributed by atoms with van der Waals surface area (Å²) in [5.74, 6) is -3.43. The Balaban J connectivity index is 2.25. The molecule has 0 atom stereocenters. The first-order valence-corrected chi connectivity index (χ1v) is 19.1. The van der Waals surface area contributed by atoms with Crippen molar-refractivity contribution in [3.63, 3.8) is 0 Å². The fraction of sp³-hybridized carbons (Fsp3) is 0.133. The van der Waals surface area contributed by atoms with Gasteiger partial charge in [-0.2, -0.15) is 0 Å². The van der Waals surface area contributed by atoms with Gasteiger partial charge in [-0.3, -0.25) is 0 Å². The van der Waals surface area contributed by atoms with Gasteiger partial charge < -0.3 is 0 Å². The van der Waals surface area contributed by atoms with E-state index in [2.05, 4.69) is 135 Å². The van der Waals surface area contributed by atoms with Gasteiger partial charge in [-0.05, 0) is 0 Å². The van der Waals surface area contributed by atoms with Crippen LogP contribution in [0.4, 0.5) is 0 Å². The van der Waals surface area contributed by atoms with Gasteiger partial charge in [0.05, 0.1) is 0 Å². The Morgan fingerprint density at radius 2 is 0.889 bits per heavy atom. The first kappa shape index (κ1) is 27.6. The molecule has 0 aliphatic heterocycles. The zero-order valence-electron chi connectivity index (χ0n) is 20.5. The van der Waals surface area contributed by atoms with Gasteiger partial charge in [0.15, 0.2) is 0 Å². The molecule has 0 N–H and O–H groups in total. The van der Waals surface area contributed by atoms with Crippen LogP contribution in [0.5, 0.6) is 0 Å². The molecule has 0 unspecified atom stereocenters. The molecule has 0 aromatic heterocycles. The van der Waals surface area contributed by atoms with Crippen LogP contribution < -0.4 is 21.2 Å². The molecule has 0 saturated heterocycles. The van der Waals surface area contributed by atoms with Crippen LogP contribution >= 0.6 is 61.5 Å². The third-order valence-electron chi connectivity index (χ3n) is 7.05. The van der Waals surface area contributed by atoms with Gasteiger partial charge in [-0.1, -0.05) is 0 Å². The Morgan fingerprint density at radius 3 is 1.11 bits per heavy atom. The second-order valence-corrected chi connectivity index (χ2v) is 23.3. The van der Waals surface area contributed by atoms with Gasteiger partial charge >= 0.3 is 238 Å². The Kier molecular flexibility index (Phi) is 8.88. The van der Waals surface area contributed by atoms with E-state index in [1.54, 1.807) is 0 Å². The van der Waals surface area contributed by atoms with Crippen LogP contribution in [-0.4, -0.2) is 20.2 Å². The van der Waals surface area contributed by atoms with Crippen molar-refractivity contribution < 1.29 is 0 Å². The van der Waals surface area contributed by atoms with E-state index >= 15 is 0 Å². The van der Waals surface area contributed by atoms with Crippen molar-refractivity contribution in [3.8, 4) is 0 Å². The number of thiol groups is 1. The van der Waals surface area contributed by atoms with Crippen molar-refractivity contribution in [2.24, 2.45) is 0 Å². The summed E-state index contributed by atoms with van der Waals surface area (Å²) in [7, 11) is -1.92. The van der Waals surface area contributed by atoms with E-state index in [0.29, 0.717) is 0 Å². The monoisotopic (exact) mass is 581 g/mol. The summed E-state index contributed by atoms with van der Waals surface area (Å²) in [4.78, 5) is 0. The molecule has 36 heavy (non-hydrogen) atoms. The van der Waals surface area contributed by atoms with E-state index in [0.717, 1.165) is 20.2 Å². The third kappa shape index (κ3) is 4.35. The second-order valence-electron chi connectivity index (χ2n) is 8.62. The Hall–Kier alpha value is -1.38. The van der Waals surface area contributed by atoms with Crippen molar-refractivity contribution in [2.75, 3.05) is 12.3 Å². The minimum atomic E-state index is -3.43. The van der Waals surface area contributed by atoms with Gasteiger partial charge in [0.2, 0.25) is 0 Å². The van der Waals surface area contributed by atoms with Crippen LogP contribution in [0.15, 0.2) is 121 Å². The molecular weight excluding hydrogens is 551 g/mol. The molecule has 6 heteroatoms. The molecule has 0 radical (unpaired) electrons. The van der Waals surface area contributed by atoms with Crippen LogP contribution in [0.25, 0.3) is 0 Å². The maximum atomic E-state index is 6.49. The van der Waals surface area contributed by atoms with Gasteiger partial charge in [0, 0.05) is 0 Å². The van der Waals surface area contributed by atoms with Crippen molar-refractivity contribution in [1.82, 2.24) is 0 Å². The van der Waals surface area contributed by atoms with Gasteiger partial charge in [-0.15, -0.1) is 0 Å². The Morgan fingerprint density at radius 1 is 0.611 bits per heavy atom. The summed E-state index contributed by atoms with van der Waals surface area (Å²) in [6, 6.07) is 43.9. The molecule has 184 valence electrons. The summed E-state index contributed by atoms with van der Waals surface area (Å²) < 4.78 is 1.80. The van der Waals surface area contributed by atoms with E-state index in [9.17, 15) is 0 Å². The summed E-state index contributed by atoms with van der Waals surface area (Å²) in [6.45, 7) is 4.44. The predicted molar refractivity (Wildman–Crippen MR) is 181 cm³/mol. The second kappa shape index (κ2) is 11.6. The van der Waals surface area contributed by atoms with Crippen molar-refractivity contribution in [1.29, 1.82) is 0 Å². The van der Waals surface area contributed by atoms with E-state index in [1.165, 1.54) is 21.2 Å². The van der Waals surface area contributed by atoms with Crippen LogP contribution in [0.3, 0.4) is 0 Å². The molecular formula is C30H31P2S4+. The molecule has 0 spiro atoms. The van der Waals surface area contributed by atoms with E-state index < -0.39 is 13.1 Å². The maximum absolute atomic E-state index is 6.49. The van der Waals surface area contributed by atoms with Crippen LogP contribution in [0.2, 0.25) is 0 Å². The number of hydrogen-bond acceptors (Lipinski definition) is 3. The summed E-state index contributed by atoms with van der Waals surface area (Å²) >= 11 is 19.0. The molecule has 0 fully saturated rings. The standard InChI is InChI=1S/C30H30P2S4/c1-3-31(4-2,29(33)34)30(35)36-32(25-17-9-5-10-18-25,26-19-11-6-12-20-26,27-21-13-7-14-22-27)28-23-15-8-16-24-28/h5-24H,3-4H2,1-2H3/p+1. The fourth-order valence-corrected chi connectivity index (χ4v) is 25.7. The van der Waals surface area contributed by atoms with Crippen LogP contribution in [0, 0.1) is 0 Å². The number of benzene rings is 4. The third-order valence-corrected chi connectivity index (χ3v) is 26.1. The summed E-state index contributed by atoms with van der Waals surface area (Å²) in [5, 5.41) is 5.15. The van der Waals surface area contributed by atoms with E-state index in [1.807, 2.05) is 11.4 Å². The van der Waals surface area contributed by atoms with Crippen molar-refractivity contribution >= 4 is 90.6 Å². The van der Waals surface area contributed by atoms with Crippen molar-refractivity contribution in [3.05, 3.63) is 121 Å². The van der Waals surface area contributed by atoms with Crippen LogP contribution in [0.1, 0.15) is 13.8 Å². The minimum absolute atomic E-state index is 0.781. The summed E-state index contributed by atoms with van der Waals surface area (Å²) in [6.07, 6.45) is 1.86. The van der Waals surface area contributed by atoms with Crippen molar-refractivity contribution in [2.45, 2.75) is 13.8 Å². The molecule has 0 saturated carbocycles. The Labute approximate surface area is 236 Å². The Bertz CT molecular complexity index is 1150. The van der Waals surface area contributed by atoms with E-state index in [-0.39, 0.29) is 0 Å². The molecule has 0 bridgehead atoms. The molecule has 4 aromatic rings. The van der Waals surface area contributed by atoms with Gasteiger partial charge in [0.1, 0.15) is 0 Å². The zero-order valence-corrected chi connectivity index (χ0v) is 25.7. The number of hydrogen-bond donors (Lipinski definition) is 1. The molecule has 0 amide bonds. The molecule has 4 aromatic carbocycles. The molecule has 0 aliphatic carbocycles. The average molecular weight is 582 g/mol. The molecule has 4 rings (SSSR count). The van der Waals surface area contributed by atoms with Gasteiger partial charge in [-0.25, -0.2) is 0 Å². The first-order chi connectivity index (χ1) is 17.5. The average Bonchev–Trinajstić information content (AvgIpc) is 2.94. The number of rotatable bonds is 9.